The second-order valence-electron chi connectivity index (χ2n) is 13.7. The number of amidine groups is 1. The molecule has 5 rings (SSSR count). The monoisotopic (exact) mass is 711 g/mol. The fourth-order valence-corrected chi connectivity index (χ4v) is 7.30. The van der Waals surface area contributed by atoms with Crippen LogP contribution in [0.2, 0.25) is 10.0 Å². The number of piperazine rings is 1. The number of carbonyl (C=O) groups is 1. The molecule has 1 amide bonds. The standard InChI is InChI=1S/C37H47Cl2N5O3S/c1-8-47-30-23-31(35(2,3)4)40-24-29(30)33-41-36(5,25-9-13-27(38)14-10-25)37(6,26-11-15-28(39)16-12-26)44(33)34(46)43-20-18-42(19-21-43)32(45)17-22-48-7/h9-16,23-24,34,46H,8,17-22H2,1-7H3/t34?,36-,37+/m0/s1. The summed E-state index contributed by atoms with van der Waals surface area (Å²) in [5.74, 6) is 2.15. The largest absolute Gasteiger partial charge is 0.493 e. The SMILES string of the molecule is CCOc1cc(C(C)(C)C)ncc1C1=N[C@@](C)(c2ccc(Cl)cc2)[C@@](C)(c2ccc(Cl)cc2)N1C(O)N1CCN(C(=O)CCSC)CC1. The number of nitrogens with zero attached hydrogens (tertiary/aromatic N) is 5. The van der Waals surface area contributed by atoms with Crippen molar-refractivity contribution in [1.29, 1.82) is 0 Å². The van der Waals surface area contributed by atoms with E-state index in [0.717, 1.165) is 22.6 Å². The highest BCUT2D eigenvalue weighted by Crippen LogP contribution is 2.54. The van der Waals surface area contributed by atoms with Crippen LogP contribution >= 0.6 is 35.0 Å². The molecule has 0 saturated carbocycles. The minimum Gasteiger partial charge on any atom is -0.493 e. The number of rotatable bonds is 10. The minimum absolute atomic E-state index is 0.148. The second-order valence-corrected chi connectivity index (χ2v) is 15.6. The summed E-state index contributed by atoms with van der Waals surface area (Å²) in [5.41, 5.74) is 1.38. The van der Waals surface area contributed by atoms with E-state index in [4.69, 9.17) is 37.9 Å². The Kier molecular flexibility index (Phi) is 11.1. The average Bonchev–Trinajstić information content (AvgIpc) is 3.31. The molecule has 1 aromatic heterocycles. The zero-order valence-electron chi connectivity index (χ0n) is 29.0. The highest BCUT2D eigenvalue weighted by atomic mass is 35.5. The van der Waals surface area contributed by atoms with E-state index in [-0.39, 0.29) is 11.3 Å². The smallest absolute Gasteiger partial charge is 0.223 e. The summed E-state index contributed by atoms with van der Waals surface area (Å²) in [7, 11) is 0. The van der Waals surface area contributed by atoms with Gasteiger partial charge in [0.25, 0.3) is 0 Å². The van der Waals surface area contributed by atoms with Gasteiger partial charge >= 0.3 is 0 Å². The maximum absolute atomic E-state index is 12.9. The molecule has 2 aliphatic rings. The number of halogens is 2. The normalized spacial score (nSPS) is 22.5. The first-order valence-electron chi connectivity index (χ1n) is 16.5. The average molecular weight is 713 g/mol. The number of aliphatic imine (C=N–C) groups is 1. The van der Waals surface area contributed by atoms with Gasteiger partial charge in [0.15, 0.2) is 6.35 Å². The fourth-order valence-electron chi connectivity index (χ4n) is 6.67. The van der Waals surface area contributed by atoms with Gasteiger partial charge in [0.05, 0.1) is 17.7 Å². The van der Waals surface area contributed by atoms with Gasteiger partial charge in [0, 0.05) is 71.8 Å². The van der Waals surface area contributed by atoms with Crippen molar-refractivity contribution in [2.24, 2.45) is 4.99 Å². The molecule has 3 heterocycles. The molecule has 1 saturated heterocycles. The summed E-state index contributed by atoms with van der Waals surface area (Å²) in [4.78, 5) is 29.2. The molecular weight excluding hydrogens is 665 g/mol. The van der Waals surface area contributed by atoms with E-state index in [1.54, 1.807) is 11.8 Å². The third-order valence-electron chi connectivity index (χ3n) is 9.72. The Morgan fingerprint density at radius 2 is 1.58 bits per heavy atom. The number of thioether (sulfide) groups is 1. The molecule has 8 nitrogen and oxygen atoms in total. The number of pyridine rings is 1. The molecule has 1 unspecified atom stereocenters. The molecule has 1 N–H and O–H groups in total. The van der Waals surface area contributed by atoms with Crippen molar-refractivity contribution in [2.45, 2.75) is 70.8 Å². The van der Waals surface area contributed by atoms with Gasteiger partial charge in [0.2, 0.25) is 5.91 Å². The number of hydrogen-bond acceptors (Lipinski definition) is 8. The van der Waals surface area contributed by atoms with Crippen LogP contribution in [0.5, 0.6) is 5.75 Å². The first-order valence-corrected chi connectivity index (χ1v) is 18.6. The van der Waals surface area contributed by atoms with Crippen LogP contribution in [0.1, 0.15) is 70.3 Å². The van der Waals surface area contributed by atoms with Gasteiger partial charge in [-0.3, -0.25) is 19.7 Å². The number of carbonyl (C=O) groups excluding carboxylic acids is 1. The van der Waals surface area contributed by atoms with E-state index in [1.807, 2.05) is 88.7 Å². The fraction of sp³-hybridized carbons (Fsp3) is 0.486. The Balaban J connectivity index is 1.69. The summed E-state index contributed by atoms with van der Waals surface area (Å²) in [6.45, 7) is 15.0. The van der Waals surface area contributed by atoms with Crippen LogP contribution in [0, 0.1) is 0 Å². The van der Waals surface area contributed by atoms with Crippen LogP contribution in [0.3, 0.4) is 0 Å². The van der Waals surface area contributed by atoms with Crippen molar-refractivity contribution in [2.75, 3.05) is 44.8 Å². The Bertz CT molecular complexity index is 1620. The van der Waals surface area contributed by atoms with Crippen LogP contribution in [0.25, 0.3) is 0 Å². The van der Waals surface area contributed by atoms with Crippen molar-refractivity contribution in [3.05, 3.63) is 93.2 Å². The summed E-state index contributed by atoms with van der Waals surface area (Å²) < 4.78 is 6.29. The number of benzene rings is 2. The van der Waals surface area contributed by atoms with Crippen molar-refractivity contribution < 1.29 is 14.6 Å². The van der Waals surface area contributed by atoms with Crippen LogP contribution < -0.4 is 4.74 Å². The lowest BCUT2D eigenvalue weighted by atomic mass is 9.71. The molecule has 258 valence electrons. The van der Waals surface area contributed by atoms with Crippen molar-refractivity contribution in [1.82, 2.24) is 19.7 Å². The number of hydrogen-bond donors (Lipinski definition) is 1. The maximum atomic E-state index is 12.9. The third-order valence-corrected chi connectivity index (χ3v) is 10.8. The molecule has 0 spiro atoms. The van der Waals surface area contributed by atoms with Crippen LogP contribution in [0.4, 0.5) is 0 Å². The van der Waals surface area contributed by atoms with E-state index < -0.39 is 17.4 Å². The highest BCUT2D eigenvalue weighted by molar-refractivity contribution is 7.98. The predicted octanol–water partition coefficient (Wildman–Crippen LogP) is 7.15. The van der Waals surface area contributed by atoms with Gasteiger partial charge < -0.3 is 19.6 Å². The van der Waals surface area contributed by atoms with Crippen molar-refractivity contribution in [3.63, 3.8) is 0 Å². The Labute approximate surface area is 299 Å². The van der Waals surface area contributed by atoms with Gasteiger partial charge in [-0.1, -0.05) is 68.2 Å². The zero-order chi connectivity index (χ0) is 34.9. The zero-order valence-corrected chi connectivity index (χ0v) is 31.3. The molecule has 3 atom stereocenters. The molecule has 1 fully saturated rings. The quantitative estimate of drug-likeness (QED) is 0.239. The molecule has 11 heteroatoms. The van der Waals surface area contributed by atoms with Gasteiger partial charge in [-0.25, -0.2) is 0 Å². The van der Waals surface area contributed by atoms with Crippen molar-refractivity contribution in [3.8, 4) is 5.75 Å². The van der Waals surface area contributed by atoms with Gasteiger partial charge in [-0.15, -0.1) is 0 Å². The van der Waals surface area contributed by atoms with E-state index in [9.17, 15) is 9.90 Å². The van der Waals surface area contributed by atoms with Crippen molar-refractivity contribution >= 4 is 46.7 Å². The molecule has 48 heavy (non-hydrogen) atoms. The molecule has 0 bridgehead atoms. The lowest BCUT2D eigenvalue weighted by Gasteiger charge is -2.51. The maximum Gasteiger partial charge on any atom is 0.223 e. The Morgan fingerprint density at radius 1 is 1.00 bits per heavy atom. The summed E-state index contributed by atoms with van der Waals surface area (Å²) >= 11 is 14.5. The lowest BCUT2D eigenvalue weighted by Crippen LogP contribution is -2.63. The number of aromatic nitrogens is 1. The van der Waals surface area contributed by atoms with Gasteiger partial charge in [0.1, 0.15) is 17.1 Å². The Hall–Kier alpha value is -2.82. The second kappa shape index (κ2) is 14.6. The van der Waals surface area contributed by atoms with E-state index >= 15 is 0 Å². The molecule has 0 aliphatic carbocycles. The Morgan fingerprint density at radius 3 is 2.12 bits per heavy atom. The van der Waals surface area contributed by atoms with E-state index in [2.05, 4.69) is 34.6 Å². The predicted molar refractivity (Wildman–Crippen MR) is 197 cm³/mol. The number of aliphatic hydroxyl groups is 1. The summed E-state index contributed by atoms with van der Waals surface area (Å²) in [6, 6.07) is 17.5. The van der Waals surface area contributed by atoms with E-state index in [1.165, 1.54) is 0 Å². The summed E-state index contributed by atoms with van der Waals surface area (Å²) in [6.07, 6.45) is 3.25. The molecular formula is C37H47Cl2N5O3S. The molecule has 3 aromatic rings. The number of ether oxygens (including phenoxy) is 1. The van der Waals surface area contributed by atoms with Crippen LogP contribution in [-0.4, -0.2) is 87.7 Å². The topological polar surface area (TPSA) is 81.5 Å². The first kappa shape index (κ1) is 36.5. The van der Waals surface area contributed by atoms with Crippen LogP contribution in [-0.2, 0) is 21.3 Å². The molecule has 0 radical (unpaired) electrons. The number of amides is 1. The lowest BCUT2D eigenvalue weighted by molar-refractivity contribution is -0.147. The van der Waals surface area contributed by atoms with Gasteiger partial charge in [-0.2, -0.15) is 11.8 Å². The van der Waals surface area contributed by atoms with Gasteiger partial charge in [-0.05, 0) is 62.4 Å². The number of aliphatic hydroxyl groups excluding tert-OH is 1. The minimum atomic E-state index is -1.10. The third kappa shape index (κ3) is 6.94. The highest BCUT2D eigenvalue weighted by Gasteiger charge is 2.60. The molecule has 2 aromatic carbocycles. The van der Waals surface area contributed by atoms with Crippen LogP contribution in [0.15, 0.2) is 65.8 Å². The first-order chi connectivity index (χ1) is 22.7. The molecule has 2 aliphatic heterocycles. The summed E-state index contributed by atoms with van der Waals surface area (Å²) in [5, 5.41) is 13.8. The van der Waals surface area contributed by atoms with E-state index in [0.29, 0.717) is 66.4 Å².